The Morgan fingerprint density at radius 3 is 2.28 bits per heavy atom. The van der Waals surface area contributed by atoms with Crippen molar-refractivity contribution in [1.29, 1.82) is 0 Å². The van der Waals surface area contributed by atoms with E-state index in [1.54, 1.807) is 75.4 Å². The largest absolute Gasteiger partial charge is 0.493 e. The van der Waals surface area contributed by atoms with Gasteiger partial charge in [0.15, 0.2) is 11.5 Å². The van der Waals surface area contributed by atoms with Crippen molar-refractivity contribution < 1.29 is 28.6 Å². The maximum Gasteiger partial charge on any atom is 0.336 e. The third kappa shape index (κ3) is 7.50. The highest BCUT2D eigenvalue weighted by atomic mass is 35.5. The van der Waals surface area contributed by atoms with Crippen molar-refractivity contribution in [2.24, 2.45) is 0 Å². The van der Waals surface area contributed by atoms with Gasteiger partial charge in [-0.05, 0) is 73.4 Å². The molecule has 0 aromatic heterocycles. The molecule has 1 N–H and O–H groups in total. The summed E-state index contributed by atoms with van der Waals surface area (Å²) in [6.07, 6.45) is 0.697. The number of nitrogens with zero attached hydrogens (tertiary/aromatic N) is 1. The lowest BCUT2D eigenvalue weighted by atomic mass is 9.83. The second-order valence-electron chi connectivity index (χ2n) is 10.0. The van der Waals surface area contributed by atoms with E-state index >= 15 is 0 Å². The van der Waals surface area contributed by atoms with Crippen LogP contribution >= 0.6 is 23.2 Å². The quantitative estimate of drug-likeness (QED) is 0.250. The molecule has 1 heterocycles. The Bertz CT molecular complexity index is 1540. The van der Waals surface area contributed by atoms with Gasteiger partial charge in [0.25, 0.3) is 5.91 Å². The maximum atomic E-state index is 13.4. The predicted molar refractivity (Wildman–Crippen MR) is 166 cm³/mol. The van der Waals surface area contributed by atoms with Crippen LogP contribution in [0.3, 0.4) is 0 Å². The molecule has 0 bridgehead atoms. The molecule has 1 aliphatic rings. The molecule has 0 spiro atoms. The summed E-state index contributed by atoms with van der Waals surface area (Å²) in [5, 5.41) is 3.67. The first-order chi connectivity index (χ1) is 20.7. The molecule has 226 valence electrons. The second kappa shape index (κ2) is 14.4. The highest BCUT2D eigenvalue weighted by Crippen LogP contribution is 2.39. The van der Waals surface area contributed by atoms with E-state index in [2.05, 4.69) is 5.32 Å². The van der Waals surface area contributed by atoms with Crippen LogP contribution in [-0.2, 0) is 27.3 Å². The van der Waals surface area contributed by atoms with Crippen molar-refractivity contribution in [3.63, 3.8) is 0 Å². The predicted octanol–water partition coefficient (Wildman–Crippen LogP) is 6.34. The molecule has 3 aromatic rings. The van der Waals surface area contributed by atoms with Crippen molar-refractivity contribution in [3.8, 4) is 11.5 Å². The number of nitrogens with one attached hydrogen (secondary N) is 1. The van der Waals surface area contributed by atoms with E-state index in [1.807, 2.05) is 18.2 Å². The first-order valence-electron chi connectivity index (χ1n) is 13.9. The lowest BCUT2D eigenvalue weighted by Gasteiger charge is -2.34. The number of carbonyl (C=O) groups is 3. The van der Waals surface area contributed by atoms with Crippen LogP contribution in [0, 0.1) is 0 Å². The Morgan fingerprint density at radius 2 is 1.63 bits per heavy atom. The highest BCUT2D eigenvalue weighted by molar-refractivity contribution is 6.42. The van der Waals surface area contributed by atoms with Gasteiger partial charge in [0, 0.05) is 30.1 Å². The normalized spacial score (nSPS) is 14.9. The van der Waals surface area contributed by atoms with Gasteiger partial charge in [-0.3, -0.25) is 9.59 Å². The maximum absolute atomic E-state index is 13.4. The zero-order valence-corrected chi connectivity index (χ0v) is 26.1. The summed E-state index contributed by atoms with van der Waals surface area (Å²) in [4.78, 5) is 40.8. The number of methoxy groups -OCH3 is 2. The molecule has 2 amide bonds. The second-order valence-corrected chi connectivity index (χ2v) is 10.8. The van der Waals surface area contributed by atoms with Crippen LogP contribution in [-0.4, -0.2) is 50.1 Å². The van der Waals surface area contributed by atoms with Crippen molar-refractivity contribution in [3.05, 3.63) is 104 Å². The number of amides is 2. The Hall–Kier alpha value is -4.01. The number of hydrogen-bond acceptors (Lipinski definition) is 6. The number of ether oxygens (including phenoxy) is 3. The van der Waals surface area contributed by atoms with Gasteiger partial charge in [-0.25, -0.2) is 4.79 Å². The Morgan fingerprint density at radius 1 is 0.930 bits per heavy atom. The van der Waals surface area contributed by atoms with Crippen LogP contribution in [0.25, 0.3) is 0 Å². The first-order valence-corrected chi connectivity index (χ1v) is 14.6. The fourth-order valence-electron chi connectivity index (χ4n) is 5.09. The molecule has 8 nitrogen and oxygen atoms in total. The monoisotopic (exact) mass is 624 g/mol. The Kier molecular flexibility index (Phi) is 10.7. The molecular formula is C33H34Cl2N2O6. The third-order valence-corrected chi connectivity index (χ3v) is 8.11. The minimum atomic E-state index is -0.511. The molecule has 3 aromatic carbocycles. The van der Waals surface area contributed by atoms with Gasteiger partial charge in [0.1, 0.15) is 0 Å². The van der Waals surface area contributed by atoms with Gasteiger partial charge >= 0.3 is 5.97 Å². The average molecular weight is 626 g/mol. The van der Waals surface area contributed by atoms with Crippen LogP contribution in [0.1, 0.15) is 53.2 Å². The number of allylic oxidation sites excluding steroid dienone is 1. The molecule has 1 atom stereocenters. The fraction of sp³-hybridized carbons (Fsp3) is 0.303. The molecule has 1 unspecified atom stereocenters. The van der Waals surface area contributed by atoms with E-state index < -0.39 is 11.9 Å². The van der Waals surface area contributed by atoms with Crippen LogP contribution < -0.4 is 14.8 Å². The van der Waals surface area contributed by atoms with Crippen molar-refractivity contribution in [1.82, 2.24) is 10.2 Å². The zero-order chi connectivity index (χ0) is 31.1. The van der Waals surface area contributed by atoms with E-state index in [4.69, 9.17) is 37.4 Å². The Balaban J connectivity index is 1.45. The lowest BCUT2D eigenvalue weighted by molar-refractivity contribution is -0.140. The van der Waals surface area contributed by atoms with E-state index in [0.717, 1.165) is 11.1 Å². The van der Waals surface area contributed by atoms with Crippen LogP contribution in [0.5, 0.6) is 11.5 Å². The highest BCUT2D eigenvalue weighted by Gasteiger charge is 2.37. The molecule has 0 fully saturated rings. The number of halogens is 2. The average Bonchev–Trinajstić information content (AvgIpc) is 3.00. The number of benzene rings is 3. The number of esters is 1. The van der Waals surface area contributed by atoms with Crippen molar-refractivity contribution in [2.45, 2.75) is 39.2 Å². The lowest BCUT2D eigenvalue weighted by Crippen LogP contribution is -2.38. The smallest absolute Gasteiger partial charge is 0.336 e. The van der Waals surface area contributed by atoms with Gasteiger partial charge < -0.3 is 24.4 Å². The third-order valence-electron chi connectivity index (χ3n) is 7.37. The summed E-state index contributed by atoms with van der Waals surface area (Å²) in [5.41, 5.74) is 3.96. The molecule has 43 heavy (non-hydrogen) atoms. The summed E-state index contributed by atoms with van der Waals surface area (Å²) in [6, 6.07) is 17.8. The van der Waals surface area contributed by atoms with Gasteiger partial charge in [0.05, 0.1) is 43.0 Å². The van der Waals surface area contributed by atoms with Gasteiger partial charge in [-0.15, -0.1) is 0 Å². The van der Waals surface area contributed by atoms with Crippen LogP contribution in [0.15, 0.2) is 71.9 Å². The molecule has 0 saturated carbocycles. The van der Waals surface area contributed by atoms with E-state index in [1.165, 1.54) is 0 Å². The van der Waals surface area contributed by atoms with Gasteiger partial charge in [0.2, 0.25) is 5.91 Å². The van der Waals surface area contributed by atoms with E-state index in [0.29, 0.717) is 56.9 Å². The van der Waals surface area contributed by atoms with Gasteiger partial charge in [-0.1, -0.05) is 47.5 Å². The van der Waals surface area contributed by atoms with Crippen molar-refractivity contribution >= 4 is 41.0 Å². The minimum Gasteiger partial charge on any atom is -0.493 e. The van der Waals surface area contributed by atoms with E-state index in [-0.39, 0.29) is 31.4 Å². The first kappa shape index (κ1) is 31.9. The van der Waals surface area contributed by atoms with Crippen molar-refractivity contribution in [2.75, 3.05) is 27.4 Å². The van der Waals surface area contributed by atoms with Crippen LogP contribution in [0.2, 0.25) is 10.0 Å². The van der Waals surface area contributed by atoms with E-state index in [9.17, 15) is 14.4 Å². The van der Waals surface area contributed by atoms with Gasteiger partial charge in [-0.2, -0.15) is 0 Å². The SMILES string of the molecule is CCOC(=O)C1=C(C)N(Cc2ccc(C(=O)NCCc3ccc(OC)c(OC)c3)cc2)C(=O)CC1c1ccc(Cl)c(Cl)c1. The summed E-state index contributed by atoms with van der Waals surface area (Å²) < 4.78 is 16.0. The molecule has 4 rings (SSSR count). The van der Waals surface area contributed by atoms with Crippen LogP contribution in [0.4, 0.5) is 0 Å². The molecule has 0 aliphatic carbocycles. The zero-order valence-electron chi connectivity index (χ0n) is 24.5. The summed E-state index contributed by atoms with van der Waals surface area (Å²) in [7, 11) is 3.17. The summed E-state index contributed by atoms with van der Waals surface area (Å²) >= 11 is 12.3. The fourth-order valence-corrected chi connectivity index (χ4v) is 5.40. The number of rotatable bonds is 11. The molecule has 0 saturated heterocycles. The number of hydrogen-bond donors (Lipinski definition) is 1. The standard InChI is InChI=1S/C33H34Cl2N2O6/c1-5-43-33(40)31-20(2)37(30(38)18-25(31)24-11-12-26(34)27(35)17-24)19-22-6-9-23(10-7-22)32(39)36-15-14-21-8-13-28(41-3)29(16-21)42-4/h6-13,16-17,25H,5,14-15,18-19H2,1-4H3,(H,36,39). The minimum absolute atomic E-state index is 0.0734. The number of carbonyl (C=O) groups excluding carboxylic acids is 3. The topological polar surface area (TPSA) is 94.2 Å². The molecule has 10 heteroatoms. The molecule has 0 radical (unpaired) electrons. The Labute approximate surface area is 261 Å². The molecular weight excluding hydrogens is 591 g/mol. The molecule has 1 aliphatic heterocycles. The summed E-state index contributed by atoms with van der Waals surface area (Å²) in [6.45, 7) is 4.37. The summed E-state index contributed by atoms with van der Waals surface area (Å²) in [5.74, 6) is -0.0460.